The Bertz CT molecular complexity index is 1440. The molecule has 0 saturated carbocycles. The van der Waals surface area contributed by atoms with E-state index in [4.69, 9.17) is 0 Å². The van der Waals surface area contributed by atoms with Gasteiger partial charge in [-0.1, -0.05) is 103 Å². The summed E-state index contributed by atoms with van der Waals surface area (Å²) in [6.07, 6.45) is 20.4. The van der Waals surface area contributed by atoms with Crippen molar-refractivity contribution in [1.29, 1.82) is 0 Å². The van der Waals surface area contributed by atoms with E-state index in [-0.39, 0.29) is 43.1 Å². The van der Waals surface area contributed by atoms with Gasteiger partial charge in [-0.3, -0.25) is 12.2 Å². The molecule has 0 N–H and O–H groups in total. The first-order valence-corrected chi connectivity index (χ1v) is 16.9. The van der Waals surface area contributed by atoms with Crippen LogP contribution >= 0.6 is 24.8 Å². The second-order valence-electron chi connectivity index (χ2n) is 13.6. The molecule has 4 aliphatic carbocycles. The molecule has 4 aliphatic rings. The molecule has 0 aliphatic heterocycles. The summed E-state index contributed by atoms with van der Waals surface area (Å²) in [5, 5.41) is 0. The van der Waals surface area contributed by atoms with Crippen LogP contribution in [0.25, 0.3) is 23.3 Å². The molecular weight excluding hydrogens is 667 g/mol. The summed E-state index contributed by atoms with van der Waals surface area (Å²) in [5.41, 5.74) is 13.4. The van der Waals surface area contributed by atoms with E-state index in [1.54, 1.807) is 0 Å². The number of halogens is 2. The van der Waals surface area contributed by atoms with Crippen LogP contribution in [0.5, 0.6) is 0 Å². The summed E-state index contributed by atoms with van der Waals surface area (Å²) in [6.45, 7) is 18.1. The van der Waals surface area contributed by atoms with Crippen LogP contribution < -0.4 is 0 Å². The van der Waals surface area contributed by atoms with Crippen LogP contribution in [-0.2, 0) is 41.5 Å². The number of hydrogen-bond donors (Lipinski definition) is 0. The van der Waals surface area contributed by atoms with E-state index in [1.165, 1.54) is 80.7 Å². The van der Waals surface area contributed by atoms with Gasteiger partial charge in [-0.15, -0.1) is 36.4 Å². The van der Waals surface area contributed by atoms with Crippen molar-refractivity contribution < 1.29 is 24.2 Å². The van der Waals surface area contributed by atoms with Crippen molar-refractivity contribution in [2.75, 3.05) is 0 Å². The minimum atomic E-state index is 0. The van der Waals surface area contributed by atoms with Gasteiger partial charge in [0.25, 0.3) is 0 Å². The number of benzene rings is 3. The van der Waals surface area contributed by atoms with E-state index in [1.807, 2.05) is 30.3 Å². The van der Waals surface area contributed by atoms with Crippen LogP contribution in [0.1, 0.15) is 95.2 Å². The van der Waals surface area contributed by atoms with Crippen molar-refractivity contribution in [1.82, 2.24) is 0 Å². The average molecular weight is 717 g/mol. The fourth-order valence-corrected chi connectivity index (χ4v) is 5.96. The normalized spacial score (nSPS) is 17.4. The number of rotatable bonds is 1. The summed E-state index contributed by atoms with van der Waals surface area (Å²) < 4.78 is 3.34. The average Bonchev–Trinajstić information content (AvgIpc) is 3.74. The van der Waals surface area contributed by atoms with Gasteiger partial charge in [-0.2, -0.15) is 53.6 Å². The van der Waals surface area contributed by atoms with E-state index in [0.29, 0.717) is 11.3 Å². The van der Waals surface area contributed by atoms with E-state index in [9.17, 15) is 0 Å². The quantitative estimate of drug-likeness (QED) is 0.172. The first-order valence-electron chi connectivity index (χ1n) is 15.1. The summed E-state index contributed by atoms with van der Waals surface area (Å²) in [5.74, 6) is 0.573. The Morgan fingerprint density at radius 3 is 1.89 bits per heavy atom. The van der Waals surface area contributed by atoms with Gasteiger partial charge in [0.15, 0.2) is 0 Å². The van der Waals surface area contributed by atoms with Crippen LogP contribution in [0, 0.1) is 37.0 Å². The van der Waals surface area contributed by atoms with Gasteiger partial charge in [0, 0.05) is 5.41 Å². The third kappa shape index (κ3) is 9.28. The Morgan fingerprint density at radius 2 is 1.42 bits per heavy atom. The van der Waals surface area contributed by atoms with E-state index in [2.05, 4.69) is 132 Å². The topological polar surface area (TPSA) is 0 Å². The van der Waals surface area contributed by atoms with Gasteiger partial charge in [0.2, 0.25) is 0 Å². The van der Waals surface area contributed by atoms with Crippen LogP contribution in [0.2, 0.25) is 0 Å². The number of fused-ring (bicyclic) bond motifs is 5. The van der Waals surface area contributed by atoms with Crippen LogP contribution in [-0.4, -0.2) is 4.21 Å². The number of allylic oxidation sites excluding steroid dienone is 6. The molecule has 45 heavy (non-hydrogen) atoms. The molecule has 0 bridgehead atoms. The van der Waals surface area contributed by atoms with Crippen molar-refractivity contribution >= 4 is 41.2 Å². The molecule has 0 heterocycles. The predicted octanol–water partition coefficient (Wildman–Crippen LogP) is 11.8. The molecule has 0 aromatic heterocycles. The Labute approximate surface area is 302 Å². The third-order valence-electron chi connectivity index (χ3n) is 8.60. The maximum atomic E-state index is 3.50. The van der Waals surface area contributed by atoms with Crippen molar-refractivity contribution in [3.05, 3.63) is 137 Å². The fourth-order valence-electron chi connectivity index (χ4n) is 5.96. The van der Waals surface area contributed by atoms with Crippen molar-refractivity contribution in [3.8, 4) is 11.1 Å². The Hall–Kier alpha value is -2.05. The fraction of sp³-hybridized carbons (Fsp3) is 0.333. The molecule has 0 spiro atoms. The number of hydrogen-bond acceptors (Lipinski definition) is 0. The molecule has 0 fully saturated rings. The monoisotopic (exact) mass is 714 g/mol. The SMILES string of the molecule is CC1(C)[C-]=Cc2cc3c(cc21)Cc1cc2c(cc1-3)C=CC2(C)C.CCC1[C-]=CC(C(C)(C)C)=C1.Cl.Cl.[CH2]=[Zr].[CH3-].[c-]1ccccc1. The molecule has 7 rings (SSSR count). The summed E-state index contributed by atoms with van der Waals surface area (Å²) >= 11 is 1.30. The first kappa shape index (κ1) is 41.0. The summed E-state index contributed by atoms with van der Waals surface area (Å²) in [6, 6.07) is 22.2. The zero-order chi connectivity index (χ0) is 30.7. The molecule has 3 aromatic carbocycles. The van der Waals surface area contributed by atoms with Gasteiger partial charge >= 0.3 is 28.4 Å². The Kier molecular flexibility index (Phi) is 15.2. The molecule has 0 amide bonds. The molecular formula is C42H50Cl2Zr-4. The standard InChI is InChI=1S/C23H21.C11H17.C6H5.CH3.CH2.2ClH.Zr/c1-22(2)7-5-14-10-18-16(12-20(14)22)9-17-13-21-15(11-19(17)18)6-8-23(21,3)4;1-5-9-6-7-10(8-9)11(2,3)4;1-2-4-6-5-3-1;;;;;/h5-7,10-13H,9H2,1-4H3;7-9H,5H2,1-4H3;1-5H;1H3;1H2;2*1H;/q4*-1;;;;. The maximum absolute atomic E-state index is 3.50. The Morgan fingerprint density at radius 1 is 0.844 bits per heavy atom. The second kappa shape index (κ2) is 16.7. The van der Waals surface area contributed by atoms with E-state index >= 15 is 0 Å². The van der Waals surface area contributed by atoms with Gasteiger partial charge in [0.05, 0.1) is 0 Å². The van der Waals surface area contributed by atoms with Crippen molar-refractivity contribution in [2.45, 2.75) is 79.1 Å². The molecule has 1 unspecified atom stereocenters. The smallest absolute Gasteiger partial charge is 0.171 e. The zero-order valence-corrected chi connectivity index (χ0v) is 32.7. The van der Waals surface area contributed by atoms with Crippen LogP contribution in [0.3, 0.4) is 0 Å². The van der Waals surface area contributed by atoms with Crippen molar-refractivity contribution in [2.24, 2.45) is 11.3 Å². The van der Waals surface area contributed by atoms with Crippen LogP contribution in [0.15, 0.2) is 78.4 Å². The maximum Gasteiger partial charge on any atom is -0.171 e. The molecule has 3 aromatic rings. The van der Waals surface area contributed by atoms with Gasteiger partial charge in [0.1, 0.15) is 0 Å². The first-order chi connectivity index (χ1) is 19.9. The Balaban J connectivity index is 0.000000389. The minimum Gasteiger partial charge on any atom is -0.358 e. The molecule has 0 nitrogen and oxygen atoms in total. The molecule has 240 valence electrons. The molecule has 1 atom stereocenters. The van der Waals surface area contributed by atoms with Gasteiger partial charge in [-0.25, -0.2) is 12.2 Å². The molecule has 3 heteroatoms. The van der Waals surface area contributed by atoms with Gasteiger partial charge < -0.3 is 7.43 Å². The zero-order valence-electron chi connectivity index (χ0n) is 28.6. The largest absolute Gasteiger partial charge is 0.358 e. The summed E-state index contributed by atoms with van der Waals surface area (Å²) in [7, 11) is 0. The van der Waals surface area contributed by atoms with E-state index < -0.39 is 0 Å². The van der Waals surface area contributed by atoms with Gasteiger partial charge in [-0.05, 0) is 45.9 Å². The summed E-state index contributed by atoms with van der Waals surface area (Å²) in [4.78, 5) is 0. The molecule has 0 radical (unpaired) electrons. The second-order valence-corrected chi connectivity index (χ2v) is 13.6. The van der Waals surface area contributed by atoms with Crippen molar-refractivity contribution in [3.63, 3.8) is 0 Å². The molecule has 0 saturated heterocycles. The minimum absolute atomic E-state index is 0. The third-order valence-corrected chi connectivity index (χ3v) is 8.60. The van der Waals surface area contributed by atoms with Crippen LogP contribution in [0.4, 0.5) is 0 Å². The van der Waals surface area contributed by atoms with E-state index in [0.717, 1.165) is 6.42 Å². The predicted molar refractivity (Wildman–Crippen MR) is 200 cm³/mol.